The number of carboxylic acids is 1. The summed E-state index contributed by atoms with van der Waals surface area (Å²) in [6.45, 7) is 5.67. The maximum absolute atomic E-state index is 13.4. The van der Waals surface area contributed by atoms with E-state index in [9.17, 15) is 23.1 Å². The van der Waals surface area contributed by atoms with E-state index in [1.54, 1.807) is 18.7 Å². The summed E-state index contributed by atoms with van der Waals surface area (Å²) in [5.41, 5.74) is 2.27. The van der Waals surface area contributed by atoms with Crippen LogP contribution in [0.25, 0.3) is 5.57 Å². The van der Waals surface area contributed by atoms with Gasteiger partial charge < -0.3 is 14.7 Å². The number of hydrogen-bond donors (Lipinski definition) is 1. The minimum atomic E-state index is -4.50. The number of aliphatic carboxylic acids is 1. The van der Waals surface area contributed by atoms with Gasteiger partial charge in [0.15, 0.2) is 6.23 Å². The van der Waals surface area contributed by atoms with Crippen molar-refractivity contribution in [2.75, 3.05) is 11.5 Å². The molecule has 0 aromatic heterocycles. The van der Waals surface area contributed by atoms with Gasteiger partial charge in [0.05, 0.1) is 11.1 Å². The molecular formula is C22H22F3NO3. The number of anilines is 1. The van der Waals surface area contributed by atoms with E-state index >= 15 is 0 Å². The number of alkyl halides is 3. The van der Waals surface area contributed by atoms with Crippen molar-refractivity contribution in [3.8, 4) is 0 Å². The Morgan fingerprint density at radius 3 is 2.48 bits per heavy atom. The monoisotopic (exact) mass is 405 g/mol. The van der Waals surface area contributed by atoms with Crippen molar-refractivity contribution in [2.24, 2.45) is 0 Å². The lowest BCUT2D eigenvalue weighted by Gasteiger charge is -2.39. The molecule has 7 heteroatoms. The van der Waals surface area contributed by atoms with Crippen LogP contribution in [0.4, 0.5) is 18.9 Å². The molecule has 1 N–H and O–H groups in total. The molecular weight excluding hydrogens is 383 g/mol. The van der Waals surface area contributed by atoms with Gasteiger partial charge in [-0.05, 0) is 44.0 Å². The van der Waals surface area contributed by atoms with Crippen LogP contribution in [-0.2, 0) is 22.3 Å². The highest BCUT2D eigenvalue weighted by Gasteiger charge is 2.38. The first-order valence-corrected chi connectivity index (χ1v) is 9.23. The van der Waals surface area contributed by atoms with Gasteiger partial charge in [-0.1, -0.05) is 35.9 Å². The number of carbonyl (C=O) groups is 1. The molecule has 0 bridgehead atoms. The summed E-state index contributed by atoms with van der Waals surface area (Å²) in [7, 11) is 0. The van der Waals surface area contributed by atoms with Gasteiger partial charge in [-0.2, -0.15) is 13.2 Å². The molecule has 2 aromatic rings. The molecule has 3 rings (SSSR count). The zero-order valence-electron chi connectivity index (χ0n) is 16.4. The van der Waals surface area contributed by atoms with Crippen LogP contribution in [0.2, 0.25) is 0 Å². The van der Waals surface area contributed by atoms with E-state index in [0.29, 0.717) is 16.8 Å². The fraction of sp³-hybridized carbons (Fsp3) is 0.318. The molecule has 4 nitrogen and oxygen atoms in total. The first kappa shape index (κ1) is 20.9. The van der Waals surface area contributed by atoms with Crippen molar-refractivity contribution in [3.63, 3.8) is 0 Å². The van der Waals surface area contributed by atoms with Crippen LogP contribution in [0.5, 0.6) is 0 Å². The van der Waals surface area contributed by atoms with Crippen molar-refractivity contribution in [1.29, 1.82) is 0 Å². The summed E-state index contributed by atoms with van der Waals surface area (Å²) in [5.74, 6) is -1.15. The van der Waals surface area contributed by atoms with E-state index in [-0.39, 0.29) is 18.7 Å². The van der Waals surface area contributed by atoms with E-state index in [4.69, 9.17) is 4.74 Å². The fourth-order valence-corrected chi connectivity index (χ4v) is 3.65. The number of rotatable bonds is 5. The van der Waals surface area contributed by atoms with Crippen molar-refractivity contribution >= 4 is 17.2 Å². The summed E-state index contributed by atoms with van der Waals surface area (Å²) in [6, 6.07) is 10.9. The molecule has 0 saturated carbocycles. The summed E-state index contributed by atoms with van der Waals surface area (Å²) < 4.78 is 45.8. The lowest BCUT2D eigenvalue weighted by Crippen LogP contribution is -2.44. The topological polar surface area (TPSA) is 49.8 Å². The number of allylic oxidation sites excluding steroid dienone is 1. The number of ether oxygens (including phenoxy) is 1. The van der Waals surface area contributed by atoms with Crippen LogP contribution in [-0.4, -0.2) is 23.9 Å². The van der Waals surface area contributed by atoms with E-state index in [1.165, 1.54) is 6.07 Å². The second kappa shape index (κ2) is 7.91. The molecule has 1 unspecified atom stereocenters. The Balaban J connectivity index is 2.21. The summed E-state index contributed by atoms with van der Waals surface area (Å²) in [4.78, 5) is 13.6. The van der Waals surface area contributed by atoms with Crippen LogP contribution >= 0.6 is 0 Å². The smallest absolute Gasteiger partial charge is 0.416 e. The first-order valence-electron chi connectivity index (χ1n) is 9.23. The number of fused-ring (bicyclic) bond motifs is 1. The summed E-state index contributed by atoms with van der Waals surface area (Å²) in [5, 5.41) is 9.80. The van der Waals surface area contributed by atoms with Gasteiger partial charge in [0.1, 0.15) is 0 Å². The van der Waals surface area contributed by atoms with Crippen molar-refractivity contribution < 1.29 is 27.8 Å². The zero-order valence-corrected chi connectivity index (χ0v) is 16.4. The predicted molar refractivity (Wildman–Crippen MR) is 104 cm³/mol. The molecule has 0 aliphatic carbocycles. The van der Waals surface area contributed by atoms with E-state index in [0.717, 1.165) is 23.3 Å². The number of hydrogen-bond acceptors (Lipinski definition) is 3. The highest BCUT2D eigenvalue weighted by Crippen LogP contribution is 2.42. The van der Waals surface area contributed by atoms with Crippen molar-refractivity contribution in [1.82, 2.24) is 0 Å². The molecule has 0 amide bonds. The quantitative estimate of drug-likeness (QED) is 0.738. The number of benzene rings is 2. The third kappa shape index (κ3) is 4.15. The van der Waals surface area contributed by atoms with Crippen LogP contribution in [0.1, 0.15) is 36.1 Å². The van der Waals surface area contributed by atoms with Crippen LogP contribution in [0.15, 0.2) is 48.0 Å². The van der Waals surface area contributed by atoms with Gasteiger partial charge in [-0.3, -0.25) is 0 Å². The van der Waals surface area contributed by atoms with Crippen LogP contribution in [0.3, 0.4) is 0 Å². The Morgan fingerprint density at radius 2 is 1.90 bits per heavy atom. The van der Waals surface area contributed by atoms with Crippen LogP contribution < -0.4 is 4.90 Å². The molecule has 0 spiro atoms. The molecule has 154 valence electrons. The molecule has 0 radical (unpaired) electrons. The lowest BCUT2D eigenvalue weighted by atomic mass is 9.91. The molecule has 0 saturated heterocycles. The molecule has 0 fully saturated rings. The molecule has 1 aliphatic heterocycles. The Bertz CT molecular complexity index is 966. The third-order valence-corrected chi connectivity index (χ3v) is 4.96. The van der Waals surface area contributed by atoms with Crippen molar-refractivity contribution in [2.45, 2.75) is 39.7 Å². The number of halogens is 3. The minimum Gasteiger partial charge on any atom is -0.478 e. The van der Waals surface area contributed by atoms with Gasteiger partial charge in [0.25, 0.3) is 0 Å². The Kier molecular flexibility index (Phi) is 5.71. The second-order valence-corrected chi connectivity index (χ2v) is 7.00. The fourth-order valence-electron chi connectivity index (χ4n) is 3.65. The standard InChI is InChI=1S/C22H22F3NO3/c1-4-29-20-19(21(27)28)14(3)17-9-8-16(22(23,24)25)11-18(17)26(20)12-15-7-5-6-13(2)10-15/h5-11,20H,4,12H2,1-3H3,(H,27,28). The van der Waals surface area contributed by atoms with Crippen LogP contribution in [0, 0.1) is 6.92 Å². The van der Waals surface area contributed by atoms with Gasteiger partial charge in [-0.25, -0.2) is 4.79 Å². The summed E-state index contributed by atoms with van der Waals surface area (Å²) >= 11 is 0. The molecule has 2 aromatic carbocycles. The average molecular weight is 405 g/mol. The lowest BCUT2D eigenvalue weighted by molar-refractivity contribution is -0.138. The molecule has 1 aliphatic rings. The Labute approximate surface area is 167 Å². The number of aryl methyl sites for hydroxylation is 1. The molecule has 29 heavy (non-hydrogen) atoms. The third-order valence-electron chi connectivity index (χ3n) is 4.96. The molecule has 1 heterocycles. The predicted octanol–water partition coefficient (Wildman–Crippen LogP) is 5.25. The highest BCUT2D eigenvalue weighted by atomic mass is 19.4. The zero-order chi connectivity index (χ0) is 21.3. The van der Waals surface area contributed by atoms with E-state index in [2.05, 4.69) is 0 Å². The van der Waals surface area contributed by atoms with Crippen molar-refractivity contribution in [3.05, 3.63) is 70.3 Å². The van der Waals surface area contributed by atoms with Gasteiger partial charge >= 0.3 is 12.1 Å². The second-order valence-electron chi connectivity index (χ2n) is 7.00. The first-order chi connectivity index (χ1) is 13.6. The van der Waals surface area contributed by atoms with Gasteiger partial charge in [0, 0.05) is 24.4 Å². The summed E-state index contributed by atoms with van der Waals surface area (Å²) in [6.07, 6.45) is -5.50. The van der Waals surface area contributed by atoms with Gasteiger partial charge in [0.2, 0.25) is 0 Å². The highest BCUT2D eigenvalue weighted by molar-refractivity contribution is 6.01. The number of carboxylic acid groups (broad SMARTS) is 1. The molecule has 1 atom stereocenters. The minimum absolute atomic E-state index is 0.0340. The normalized spacial score (nSPS) is 16.8. The average Bonchev–Trinajstić information content (AvgIpc) is 2.63. The SMILES string of the molecule is CCOC1C(C(=O)O)=C(C)c2ccc(C(F)(F)F)cc2N1Cc1cccc(C)c1. The van der Waals surface area contributed by atoms with Gasteiger partial charge in [-0.15, -0.1) is 0 Å². The van der Waals surface area contributed by atoms with E-state index < -0.39 is 23.9 Å². The van der Waals surface area contributed by atoms with E-state index in [1.807, 2.05) is 31.2 Å². The number of nitrogens with zero attached hydrogens (tertiary/aromatic N) is 1. The Morgan fingerprint density at radius 1 is 1.17 bits per heavy atom. The maximum atomic E-state index is 13.4. The largest absolute Gasteiger partial charge is 0.478 e. The maximum Gasteiger partial charge on any atom is 0.416 e. The Hall–Kier alpha value is -2.80.